The van der Waals surface area contributed by atoms with Crippen LogP contribution in [0.4, 0.5) is 4.79 Å². The van der Waals surface area contributed by atoms with Crippen LogP contribution in [0.3, 0.4) is 0 Å². The Hall–Kier alpha value is -2.37. The summed E-state index contributed by atoms with van der Waals surface area (Å²) in [6.45, 7) is 1.72. The first kappa shape index (κ1) is 13.7. The van der Waals surface area contributed by atoms with Crippen LogP contribution >= 0.6 is 0 Å². The van der Waals surface area contributed by atoms with Gasteiger partial charge >= 0.3 is 12.0 Å². The Morgan fingerprint density at radius 3 is 2.50 bits per heavy atom. The molecule has 4 N–H and O–H groups in total. The lowest BCUT2D eigenvalue weighted by molar-refractivity contribution is -0.137. The summed E-state index contributed by atoms with van der Waals surface area (Å²) >= 11 is 0. The number of hydrogen-bond acceptors (Lipinski definition) is 3. The lowest BCUT2D eigenvalue weighted by Gasteiger charge is -2.12. The van der Waals surface area contributed by atoms with Crippen molar-refractivity contribution in [1.82, 2.24) is 5.43 Å². The zero-order valence-corrected chi connectivity index (χ0v) is 9.96. The van der Waals surface area contributed by atoms with Crippen molar-refractivity contribution in [3.63, 3.8) is 0 Å². The van der Waals surface area contributed by atoms with Gasteiger partial charge in [0.15, 0.2) is 0 Å². The number of urea groups is 1. The van der Waals surface area contributed by atoms with Crippen molar-refractivity contribution in [3.8, 4) is 0 Å². The number of carboxylic acid groups (broad SMARTS) is 1. The van der Waals surface area contributed by atoms with E-state index in [-0.39, 0.29) is 12.3 Å². The number of primary amides is 1. The summed E-state index contributed by atoms with van der Waals surface area (Å²) < 4.78 is 0. The Balaban J connectivity index is 2.99. The maximum Gasteiger partial charge on any atom is 0.332 e. The van der Waals surface area contributed by atoms with Crippen molar-refractivity contribution in [2.75, 3.05) is 0 Å². The SMILES string of the molecule is CC(CC(=O)O)/C(=N\NC(N)=O)c1ccccc1. The van der Waals surface area contributed by atoms with Crippen molar-refractivity contribution < 1.29 is 14.7 Å². The highest BCUT2D eigenvalue weighted by molar-refractivity contribution is 6.03. The first-order valence-electron chi connectivity index (χ1n) is 5.41. The van der Waals surface area contributed by atoms with Crippen molar-refractivity contribution in [2.45, 2.75) is 13.3 Å². The van der Waals surface area contributed by atoms with Gasteiger partial charge in [-0.2, -0.15) is 5.10 Å². The fourth-order valence-electron chi connectivity index (χ4n) is 1.54. The van der Waals surface area contributed by atoms with Crippen LogP contribution in [0.25, 0.3) is 0 Å². The number of amides is 2. The third-order valence-electron chi connectivity index (χ3n) is 2.30. The molecule has 0 saturated heterocycles. The Bertz CT molecular complexity index is 457. The predicted molar refractivity (Wildman–Crippen MR) is 67.1 cm³/mol. The lowest BCUT2D eigenvalue weighted by Crippen LogP contribution is -2.28. The largest absolute Gasteiger partial charge is 0.481 e. The van der Waals surface area contributed by atoms with E-state index in [1.165, 1.54) is 0 Å². The van der Waals surface area contributed by atoms with Crippen molar-refractivity contribution in [2.24, 2.45) is 16.8 Å². The van der Waals surface area contributed by atoms with Gasteiger partial charge < -0.3 is 10.8 Å². The minimum Gasteiger partial charge on any atom is -0.481 e. The molecule has 18 heavy (non-hydrogen) atoms. The molecular formula is C12H15N3O3. The molecule has 2 amide bonds. The molecule has 0 aliphatic rings. The van der Waals surface area contributed by atoms with E-state index in [1.54, 1.807) is 19.1 Å². The molecule has 0 radical (unpaired) electrons. The number of nitrogens with one attached hydrogen (secondary N) is 1. The van der Waals surface area contributed by atoms with Crippen LogP contribution in [-0.4, -0.2) is 22.8 Å². The normalized spacial score (nSPS) is 12.8. The van der Waals surface area contributed by atoms with E-state index in [9.17, 15) is 9.59 Å². The topological polar surface area (TPSA) is 105 Å². The molecule has 0 heterocycles. The standard InChI is InChI=1S/C12H15N3O3/c1-8(7-10(16)17)11(14-15-12(13)18)9-5-3-2-4-6-9/h2-6,8H,7H2,1H3,(H,16,17)(H3,13,15,18)/b14-11+. The molecule has 0 aromatic heterocycles. The highest BCUT2D eigenvalue weighted by atomic mass is 16.4. The molecule has 1 aromatic rings. The number of hydrogen-bond donors (Lipinski definition) is 3. The number of benzene rings is 1. The number of nitrogens with zero attached hydrogens (tertiary/aromatic N) is 1. The van der Waals surface area contributed by atoms with E-state index >= 15 is 0 Å². The Labute approximate surface area is 104 Å². The molecule has 1 aromatic carbocycles. The molecule has 0 bridgehead atoms. The van der Waals surface area contributed by atoms with Crippen LogP contribution in [0.2, 0.25) is 0 Å². The zero-order chi connectivity index (χ0) is 13.5. The first-order valence-corrected chi connectivity index (χ1v) is 5.41. The molecular weight excluding hydrogens is 234 g/mol. The Morgan fingerprint density at radius 2 is 2.00 bits per heavy atom. The maximum atomic E-state index is 10.7. The van der Waals surface area contributed by atoms with Gasteiger partial charge in [-0.25, -0.2) is 10.2 Å². The fraction of sp³-hybridized carbons (Fsp3) is 0.250. The highest BCUT2D eigenvalue weighted by Crippen LogP contribution is 2.13. The zero-order valence-electron chi connectivity index (χ0n) is 9.96. The van der Waals surface area contributed by atoms with Gasteiger partial charge in [0.2, 0.25) is 0 Å². The van der Waals surface area contributed by atoms with Crippen molar-refractivity contribution >= 4 is 17.7 Å². The summed E-state index contributed by atoms with van der Waals surface area (Å²) in [7, 11) is 0. The van der Waals surface area contributed by atoms with Gasteiger partial charge in [-0.15, -0.1) is 0 Å². The molecule has 6 heteroatoms. The summed E-state index contributed by atoms with van der Waals surface area (Å²) in [6, 6.07) is 8.25. The minimum absolute atomic E-state index is 0.0752. The summed E-state index contributed by atoms with van der Waals surface area (Å²) in [5, 5.41) is 12.7. The van der Waals surface area contributed by atoms with Crippen molar-refractivity contribution in [3.05, 3.63) is 35.9 Å². The molecule has 0 aliphatic carbocycles. The van der Waals surface area contributed by atoms with Crippen LogP contribution in [0, 0.1) is 5.92 Å². The van der Waals surface area contributed by atoms with Crippen molar-refractivity contribution in [1.29, 1.82) is 0 Å². The average Bonchev–Trinajstić information content (AvgIpc) is 2.29. The molecule has 0 saturated carbocycles. The molecule has 6 nitrogen and oxygen atoms in total. The average molecular weight is 249 g/mol. The number of nitrogens with two attached hydrogens (primary N) is 1. The van der Waals surface area contributed by atoms with Gasteiger partial charge in [0.25, 0.3) is 0 Å². The number of rotatable bonds is 5. The van der Waals surface area contributed by atoms with E-state index in [4.69, 9.17) is 10.8 Å². The number of carbonyl (C=O) groups is 2. The Morgan fingerprint density at radius 1 is 1.39 bits per heavy atom. The summed E-state index contributed by atoms with van der Waals surface area (Å²) in [5.41, 5.74) is 8.31. The third kappa shape index (κ3) is 4.25. The van der Waals surface area contributed by atoms with Gasteiger partial charge in [0.05, 0.1) is 12.1 Å². The van der Waals surface area contributed by atoms with Crippen LogP contribution in [0.15, 0.2) is 35.4 Å². The van der Waals surface area contributed by atoms with Crippen LogP contribution in [0.1, 0.15) is 18.9 Å². The van der Waals surface area contributed by atoms with Gasteiger partial charge in [0.1, 0.15) is 0 Å². The second-order valence-electron chi connectivity index (χ2n) is 3.84. The first-order chi connectivity index (χ1) is 8.50. The monoisotopic (exact) mass is 249 g/mol. The van der Waals surface area contributed by atoms with E-state index in [2.05, 4.69) is 10.5 Å². The predicted octanol–water partition coefficient (Wildman–Crippen LogP) is 1.17. The van der Waals surface area contributed by atoms with E-state index in [0.717, 1.165) is 5.56 Å². The quantitative estimate of drug-likeness (QED) is 0.538. The molecule has 1 unspecified atom stereocenters. The number of carboxylic acids is 1. The van der Waals surface area contributed by atoms with E-state index < -0.39 is 12.0 Å². The molecule has 0 fully saturated rings. The molecule has 0 spiro atoms. The summed E-state index contributed by atoms with van der Waals surface area (Å²) in [4.78, 5) is 21.4. The molecule has 96 valence electrons. The Kier molecular flexibility index (Phi) is 4.86. The number of carbonyl (C=O) groups excluding carboxylic acids is 1. The van der Waals surface area contributed by atoms with Crippen LogP contribution in [0.5, 0.6) is 0 Å². The van der Waals surface area contributed by atoms with Gasteiger partial charge in [-0.3, -0.25) is 4.79 Å². The molecule has 1 rings (SSSR count). The van der Waals surface area contributed by atoms with E-state index in [0.29, 0.717) is 5.71 Å². The fourth-order valence-corrected chi connectivity index (χ4v) is 1.54. The smallest absolute Gasteiger partial charge is 0.332 e. The lowest BCUT2D eigenvalue weighted by atomic mass is 9.95. The van der Waals surface area contributed by atoms with Gasteiger partial charge in [-0.05, 0) is 5.56 Å². The second-order valence-corrected chi connectivity index (χ2v) is 3.84. The summed E-state index contributed by atoms with van der Waals surface area (Å²) in [5.74, 6) is -1.26. The second kappa shape index (κ2) is 6.39. The third-order valence-corrected chi connectivity index (χ3v) is 2.30. The minimum atomic E-state index is -0.926. The number of aliphatic carboxylic acids is 1. The van der Waals surface area contributed by atoms with Gasteiger partial charge in [-0.1, -0.05) is 37.3 Å². The summed E-state index contributed by atoms with van der Waals surface area (Å²) in [6.07, 6.45) is -0.0752. The van der Waals surface area contributed by atoms with Crippen LogP contribution < -0.4 is 11.2 Å². The number of hydrazone groups is 1. The van der Waals surface area contributed by atoms with E-state index in [1.807, 2.05) is 18.2 Å². The molecule has 0 aliphatic heterocycles. The maximum absolute atomic E-state index is 10.7. The van der Waals surface area contributed by atoms with Gasteiger partial charge in [0, 0.05) is 5.92 Å². The molecule has 1 atom stereocenters. The van der Waals surface area contributed by atoms with Crippen LogP contribution in [-0.2, 0) is 4.79 Å². The highest BCUT2D eigenvalue weighted by Gasteiger charge is 2.16.